The first-order valence-electron chi connectivity index (χ1n) is 4.90. The number of aliphatic hydroxyl groups excluding tert-OH is 2. The molecule has 2 aliphatic rings. The van der Waals surface area contributed by atoms with Gasteiger partial charge in [-0.15, -0.1) is 0 Å². The van der Waals surface area contributed by atoms with Crippen LogP contribution in [0.5, 0.6) is 0 Å². The molecule has 4 atom stereocenters. The van der Waals surface area contributed by atoms with Gasteiger partial charge in [-0.3, -0.25) is 0 Å². The Kier molecular flexibility index (Phi) is 2.67. The fraction of sp³-hybridized carbons (Fsp3) is 0.800. The minimum Gasteiger partial charge on any atom is -0.394 e. The molecule has 2 rings (SSSR count). The molecule has 0 amide bonds. The van der Waals surface area contributed by atoms with E-state index in [1.165, 1.54) is 6.42 Å². The van der Waals surface area contributed by atoms with Crippen LogP contribution in [0.25, 0.3) is 0 Å². The van der Waals surface area contributed by atoms with E-state index in [1.54, 1.807) is 0 Å². The number of rotatable bonds is 4. The summed E-state index contributed by atoms with van der Waals surface area (Å²) >= 11 is 0. The van der Waals surface area contributed by atoms with Crippen LogP contribution in [0.4, 0.5) is 0 Å². The Bertz CT molecular complexity index is 202. The molecule has 3 nitrogen and oxygen atoms in total. The topological polar surface area (TPSA) is 49.7 Å². The van der Waals surface area contributed by atoms with Gasteiger partial charge in [0, 0.05) is 5.92 Å². The zero-order valence-corrected chi connectivity index (χ0v) is 7.60. The molecule has 0 aromatic carbocycles. The molecular weight excluding hydrogens is 168 g/mol. The maximum atomic E-state index is 9.63. The van der Waals surface area contributed by atoms with E-state index in [-0.39, 0.29) is 19.1 Å². The van der Waals surface area contributed by atoms with Gasteiger partial charge in [-0.25, -0.2) is 0 Å². The van der Waals surface area contributed by atoms with Crippen LogP contribution < -0.4 is 0 Å². The molecule has 2 bridgehead atoms. The van der Waals surface area contributed by atoms with E-state index in [0.29, 0.717) is 11.8 Å². The van der Waals surface area contributed by atoms with Gasteiger partial charge in [0.05, 0.1) is 13.2 Å². The summed E-state index contributed by atoms with van der Waals surface area (Å²) in [5.74, 6) is 1.41. The molecule has 0 heterocycles. The highest BCUT2D eigenvalue weighted by Crippen LogP contribution is 2.44. The van der Waals surface area contributed by atoms with Gasteiger partial charge in [0.2, 0.25) is 0 Å². The van der Waals surface area contributed by atoms with Crippen molar-refractivity contribution in [1.29, 1.82) is 0 Å². The minimum atomic E-state index is -0.688. The van der Waals surface area contributed by atoms with Crippen molar-refractivity contribution in [2.45, 2.75) is 19.1 Å². The Labute approximate surface area is 78.0 Å². The fourth-order valence-electron chi connectivity index (χ4n) is 2.45. The molecular formula is C10H16O3. The van der Waals surface area contributed by atoms with Crippen molar-refractivity contribution in [2.75, 3.05) is 13.2 Å². The summed E-state index contributed by atoms with van der Waals surface area (Å²) in [5, 5.41) is 18.2. The highest BCUT2D eigenvalue weighted by Gasteiger charge is 2.39. The molecule has 2 N–H and O–H groups in total. The summed E-state index contributed by atoms with van der Waals surface area (Å²) < 4.78 is 5.10. The number of fused-ring (bicyclic) bond motifs is 2. The first kappa shape index (κ1) is 9.19. The molecule has 13 heavy (non-hydrogen) atoms. The SMILES string of the molecule is OCCOC(O)C1CC2C=CC1C2. The van der Waals surface area contributed by atoms with Crippen molar-refractivity contribution in [3.63, 3.8) is 0 Å². The summed E-state index contributed by atoms with van der Waals surface area (Å²) in [7, 11) is 0. The van der Waals surface area contributed by atoms with E-state index in [2.05, 4.69) is 12.2 Å². The van der Waals surface area contributed by atoms with Gasteiger partial charge in [-0.2, -0.15) is 0 Å². The van der Waals surface area contributed by atoms with Crippen molar-refractivity contribution in [3.05, 3.63) is 12.2 Å². The zero-order valence-electron chi connectivity index (χ0n) is 7.60. The lowest BCUT2D eigenvalue weighted by molar-refractivity contribution is -0.144. The molecule has 0 aromatic rings. The summed E-state index contributed by atoms with van der Waals surface area (Å²) in [6, 6.07) is 0. The largest absolute Gasteiger partial charge is 0.394 e. The van der Waals surface area contributed by atoms with E-state index < -0.39 is 6.29 Å². The smallest absolute Gasteiger partial charge is 0.158 e. The third kappa shape index (κ3) is 1.77. The van der Waals surface area contributed by atoms with Crippen molar-refractivity contribution in [1.82, 2.24) is 0 Å². The van der Waals surface area contributed by atoms with Crippen LogP contribution in [0.2, 0.25) is 0 Å². The molecule has 1 fully saturated rings. The molecule has 0 saturated heterocycles. The second-order valence-electron chi connectivity index (χ2n) is 3.93. The van der Waals surface area contributed by atoms with Crippen molar-refractivity contribution < 1.29 is 14.9 Å². The van der Waals surface area contributed by atoms with Gasteiger partial charge in [0.1, 0.15) is 0 Å². The van der Waals surface area contributed by atoms with Gasteiger partial charge in [-0.1, -0.05) is 12.2 Å². The van der Waals surface area contributed by atoms with E-state index in [1.807, 2.05) is 0 Å². The van der Waals surface area contributed by atoms with Gasteiger partial charge < -0.3 is 14.9 Å². The van der Waals surface area contributed by atoms with Gasteiger partial charge >= 0.3 is 0 Å². The Balaban J connectivity index is 1.84. The Hall–Kier alpha value is -0.380. The molecule has 2 aliphatic carbocycles. The molecule has 0 spiro atoms. The van der Waals surface area contributed by atoms with Crippen LogP contribution in [0.1, 0.15) is 12.8 Å². The molecule has 0 aliphatic heterocycles. The number of allylic oxidation sites excluding steroid dienone is 2. The lowest BCUT2D eigenvalue weighted by Crippen LogP contribution is -2.27. The standard InChI is InChI=1S/C10H16O3/c11-3-4-13-10(12)9-6-7-1-2-8(9)5-7/h1-2,7-12H,3-6H2. The number of hydrogen-bond acceptors (Lipinski definition) is 3. The van der Waals surface area contributed by atoms with Crippen molar-refractivity contribution >= 4 is 0 Å². The monoisotopic (exact) mass is 184 g/mol. The average molecular weight is 184 g/mol. The molecule has 4 unspecified atom stereocenters. The maximum absolute atomic E-state index is 9.63. The predicted molar refractivity (Wildman–Crippen MR) is 47.9 cm³/mol. The maximum Gasteiger partial charge on any atom is 0.158 e. The third-order valence-electron chi connectivity index (χ3n) is 3.08. The number of hydrogen-bond donors (Lipinski definition) is 2. The van der Waals surface area contributed by atoms with Gasteiger partial charge in [0.25, 0.3) is 0 Å². The third-order valence-corrected chi connectivity index (χ3v) is 3.08. The lowest BCUT2D eigenvalue weighted by Gasteiger charge is -2.23. The summed E-state index contributed by atoms with van der Waals surface area (Å²) in [6.07, 6.45) is 5.94. The van der Waals surface area contributed by atoms with E-state index in [0.717, 1.165) is 6.42 Å². The molecule has 74 valence electrons. The van der Waals surface area contributed by atoms with Crippen LogP contribution >= 0.6 is 0 Å². The first-order valence-corrected chi connectivity index (χ1v) is 4.90. The number of aliphatic hydroxyl groups is 2. The van der Waals surface area contributed by atoms with E-state index in [4.69, 9.17) is 9.84 Å². The predicted octanol–water partition coefficient (Wildman–Crippen LogP) is 0.526. The Morgan fingerprint density at radius 3 is 2.77 bits per heavy atom. The zero-order chi connectivity index (χ0) is 9.26. The molecule has 3 heteroatoms. The Morgan fingerprint density at radius 1 is 1.38 bits per heavy atom. The summed E-state index contributed by atoms with van der Waals surface area (Å²) in [5.41, 5.74) is 0. The van der Waals surface area contributed by atoms with Crippen LogP contribution in [-0.2, 0) is 4.74 Å². The van der Waals surface area contributed by atoms with Crippen molar-refractivity contribution in [3.8, 4) is 0 Å². The quantitative estimate of drug-likeness (QED) is 0.495. The summed E-state index contributed by atoms with van der Waals surface area (Å²) in [6.45, 7) is 0.215. The van der Waals surface area contributed by atoms with Gasteiger partial charge in [-0.05, 0) is 24.7 Å². The second kappa shape index (κ2) is 3.78. The first-order chi connectivity index (χ1) is 6.31. The molecule has 1 saturated carbocycles. The number of ether oxygens (including phenoxy) is 1. The van der Waals surface area contributed by atoms with E-state index in [9.17, 15) is 5.11 Å². The highest BCUT2D eigenvalue weighted by molar-refractivity contribution is 5.10. The normalized spacial score (nSPS) is 38.5. The lowest BCUT2D eigenvalue weighted by atomic mass is 9.93. The average Bonchev–Trinajstić information content (AvgIpc) is 2.74. The van der Waals surface area contributed by atoms with Gasteiger partial charge in [0.15, 0.2) is 6.29 Å². The fourth-order valence-corrected chi connectivity index (χ4v) is 2.45. The second-order valence-corrected chi connectivity index (χ2v) is 3.93. The van der Waals surface area contributed by atoms with Crippen LogP contribution in [0.3, 0.4) is 0 Å². The Morgan fingerprint density at radius 2 is 2.23 bits per heavy atom. The summed E-state index contributed by atoms with van der Waals surface area (Å²) in [4.78, 5) is 0. The van der Waals surface area contributed by atoms with E-state index >= 15 is 0 Å². The van der Waals surface area contributed by atoms with Crippen LogP contribution in [-0.4, -0.2) is 29.7 Å². The molecule has 0 aromatic heterocycles. The van der Waals surface area contributed by atoms with Crippen LogP contribution in [0.15, 0.2) is 12.2 Å². The highest BCUT2D eigenvalue weighted by atomic mass is 16.6. The van der Waals surface area contributed by atoms with Crippen molar-refractivity contribution in [2.24, 2.45) is 17.8 Å². The molecule has 0 radical (unpaired) electrons. The minimum absolute atomic E-state index is 0.0201. The van der Waals surface area contributed by atoms with Crippen LogP contribution in [0, 0.1) is 17.8 Å².